The predicted molar refractivity (Wildman–Crippen MR) is 186 cm³/mol. The van der Waals surface area contributed by atoms with E-state index in [1.165, 1.54) is 35.7 Å². The number of benzene rings is 3. The molecule has 1 atom stereocenters. The molecule has 0 aliphatic rings. The Balaban J connectivity index is 0.000000214. The van der Waals surface area contributed by atoms with Crippen molar-refractivity contribution in [2.75, 3.05) is 0 Å². The third-order valence-corrected chi connectivity index (χ3v) is 13.6. The van der Waals surface area contributed by atoms with Gasteiger partial charge >= 0.3 is 106 Å². The standard InChI is InChI=1S/C23H22NS.C15H18GeN.Ir/c1-14(2)16(4)17-11-12-24-20(13-17)18-8-6-9-19-22-15(3)7-5-10-21(22)25-23(18)19;1-12-10-15(13-8-6-5-7-9-13)17-11-14(12)16(2,3)4;/h5-7,9-14,16H,1-4H3;5-8,10-11H,1-4H3;/q2*-1;/i16D;;. The maximum atomic E-state index is 8.72. The fourth-order valence-corrected chi connectivity index (χ4v) is 10.2. The zero-order valence-corrected chi connectivity index (χ0v) is 31.6. The van der Waals surface area contributed by atoms with Gasteiger partial charge in [0.25, 0.3) is 0 Å². The molecule has 1 unspecified atom stereocenters. The topological polar surface area (TPSA) is 25.8 Å². The molecule has 0 saturated carbocycles. The van der Waals surface area contributed by atoms with Gasteiger partial charge in [0.1, 0.15) is 0 Å². The number of aryl methyl sites for hydroxylation is 2. The summed E-state index contributed by atoms with van der Waals surface area (Å²) in [4.78, 5) is 9.21. The van der Waals surface area contributed by atoms with E-state index in [1.54, 1.807) is 11.3 Å². The second-order valence-corrected chi connectivity index (χ2v) is 23.9. The summed E-state index contributed by atoms with van der Waals surface area (Å²) in [6, 6.07) is 31.4. The van der Waals surface area contributed by atoms with Crippen LogP contribution in [-0.4, -0.2) is 23.2 Å². The van der Waals surface area contributed by atoms with Gasteiger partial charge in [0.2, 0.25) is 0 Å². The summed E-state index contributed by atoms with van der Waals surface area (Å²) in [7, 11) is 0. The summed E-state index contributed by atoms with van der Waals surface area (Å²) in [6.07, 6.45) is 3.90. The van der Waals surface area contributed by atoms with Crippen LogP contribution in [0.25, 0.3) is 42.7 Å². The van der Waals surface area contributed by atoms with Gasteiger partial charge in [-0.25, -0.2) is 0 Å². The number of thiophene rings is 1. The average molecular weight is 823 g/mol. The Morgan fingerprint density at radius 1 is 0.837 bits per heavy atom. The normalized spacial score (nSPS) is 13.2. The second kappa shape index (κ2) is 14.0. The van der Waals surface area contributed by atoms with Crippen LogP contribution >= 0.6 is 11.3 Å². The van der Waals surface area contributed by atoms with Crippen molar-refractivity contribution in [2.24, 2.45) is 5.92 Å². The predicted octanol–water partition coefficient (Wildman–Crippen LogP) is 10.4. The first-order chi connectivity index (χ1) is 20.4. The molecule has 3 aromatic heterocycles. The fourth-order valence-electron chi connectivity index (χ4n) is 5.35. The van der Waals surface area contributed by atoms with Gasteiger partial charge in [-0.05, 0) is 52.2 Å². The molecular formula is C38H40GeIrN2S-2. The Labute approximate surface area is 279 Å². The van der Waals surface area contributed by atoms with Crippen molar-refractivity contribution >= 4 is 49.2 Å². The van der Waals surface area contributed by atoms with E-state index in [-0.39, 0.29) is 26.0 Å². The third-order valence-electron chi connectivity index (χ3n) is 7.91. The molecule has 6 aromatic rings. The van der Waals surface area contributed by atoms with Crippen LogP contribution < -0.4 is 4.40 Å². The number of hydrogen-bond acceptors (Lipinski definition) is 3. The third kappa shape index (κ3) is 7.37. The first kappa shape index (κ1) is 31.8. The maximum absolute atomic E-state index is 8.72. The number of nitrogens with zero attached hydrogens (tertiary/aromatic N) is 2. The van der Waals surface area contributed by atoms with E-state index >= 15 is 0 Å². The van der Waals surface area contributed by atoms with Crippen LogP contribution in [0.3, 0.4) is 0 Å². The van der Waals surface area contributed by atoms with E-state index in [4.69, 9.17) is 1.37 Å². The molecule has 1 radical (unpaired) electrons. The number of fused-ring (bicyclic) bond motifs is 3. The molecular weight excluding hydrogens is 781 g/mol. The summed E-state index contributed by atoms with van der Waals surface area (Å²) in [6.45, 7) is 10.5. The summed E-state index contributed by atoms with van der Waals surface area (Å²) < 4.78 is 12.7. The van der Waals surface area contributed by atoms with Crippen molar-refractivity contribution in [3.8, 4) is 22.5 Å². The number of rotatable bonds is 5. The molecule has 43 heavy (non-hydrogen) atoms. The van der Waals surface area contributed by atoms with E-state index < -0.39 is 19.2 Å². The molecule has 0 fully saturated rings. The Kier molecular flexibility index (Phi) is 10.3. The molecule has 0 N–H and O–H groups in total. The van der Waals surface area contributed by atoms with Gasteiger partial charge in [-0.2, -0.15) is 11.3 Å². The second-order valence-electron chi connectivity index (χ2n) is 12.3. The van der Waals surface area contributed by atoms with Crippen molar-refractivity contribution in [1.82, 2.24) is 9.97 Å². The van der Waals surface area contributed by atoms with Crippen molar-refractivity contribution in [2.45, 2.75) is 57.8 Å². The first-order valence-corrected chi connectivity index (χ1v) is 22.8. The van der Waals surface area contributed by atoms with E-state index in [9.17, 15) is 0 Å². The van der Waals surface area contributed by atoms with Gasteiger partial charge in [0.15, 0.2) is 0 Å². The van der Waals surface area contributed by atoms with Crippen molar-refractivity contribution in [3.63, 3.8) is 0 Å². The van der Waals surface area contributed by atoms with Crippen LogP contribution in [0.15, 0.2) is 85.2 Å². The largest absolute Gasteiger partial charge is 0.305 e. The Morgan fingerprint density at radius 2 is 1.63 bits per heavy atom. The molecule has 5 heteroatoms. The van der Waals surface area contributed by atoms with Gasteiger partial charge in [-0.15, -0.1) is 23.8 Å². The first-order valence-electron chi connectivity index (χ1n) is 15.1. The van der Waals surface area contributed by atoms with Crippen LogP contribution in [0.5, 0.6) is 0 Å². The average Bonchev–Trinajstić information content (AvgIpc) is 3.37. The molecule has 0 aliphatic carbocycles. The SMILES string of the molecule is Cc1cc(-c2[c-]cccc2)nc[c]1[Ge]([CH3])([CH3])[CH3].[2H]C(C)(c1ccnc(-c2[c-]ccc3c2sc2cccc(C)c23)c1)C(C)C.[Ir]. The van der Waals surface area contributed by atoms with Crippen molar-refractivity contribution in [1.29, 1.82) is 0 Å². The quantitative estimate of drug-likeness (QED) is 0.128. The maximum Gasteiger partial charge on any atom is 0.0352 e. The minimum absolute atomic E-state index is 0. The van der Waals surface area contributed by atoms with E-state index in [1.807, 2.05) is 43.5 Å². The molecule has 3 aromatic carbocycles. The van der Waals surface area contributed by atoms with E-state index in [0.29, 0.717) is 0 Å². The molecule has 6 rings (SSSR count). The minimum Gasteiger partial charge on any atom is -0.305 e. The molecule has 0 saturated heterocycles. The van der Waals surface area contributed by atoms with E-state index in [0.717, 1.165) is 28.1 Å². The molecule has 0 aliphatic heterocycles. The molecule has 2 nitrogen and oxygen atoms in total. The van der Waals surface area contributed by atoms with Gasteiger partial charge in [0.05, 0.1) is 0 Å². The Morgan fingerprint density at radius 3 is 2.30 bits per heavy atom. The molecule has 3 heterocycles. The van der Waals surface area contributed by atoms with E-state index in [2.05, 4.69) is 116 Å². The Bertz CT molecular complexity index is 1890. The van der Waals surface area contributed by atoms with Crippen LogP contribution in [0.2, 0.25) is 17.3 Å². The molecule has 223 valence electrons. The van der Waals surface area contributed by atoms with Gasteiger partial charge in [-0.3, -0.25) is 0 Å². The summed E-state index contributed by atoms with van der Waals surface area (Å²) in [5.74, 6) is 6.79. The monoisotopic (exact) mass is 824 g/mol. The van der Waals surface area contributed by atoms with Crippen LogP contribution in [0, 0.1) is 31.9 Å². The summed E-state index contributed by atoms with van der Waals surface area (Å²) in [5, 5.41) is 2.59. The van der Waals surface area contributed by atoms with Gasteiger partial charge in [0, 0.05) is 32.4 Å². The zero-order chi connectivity index (χ0) is 30.9. The summed E-state index contributed by atoms with van der Waals surface area (Å²) >= 11 is 0.0262. The zero-order valence-electron chi connectivity index (χ0n) is 27.3. The fraction of sp³-hybridized carbons (Fsp3) is 0.263. The summed E-state index contributed by atoms with van der Waals surface area (Å²) in [5.41, 5.74) is 7.70. The smallest absolute Gasteiger partial charge is 0.0352 e. The van der Waals surface area contributed by atoms with Crippen molar-refractivity contribution in [3.05, 3.63) is 114 Å². The number of aromatic nitrogens is 2. The number of pyridine rings is 2. The van der Waals surface area contributed by atoms with Crippen LogP contribution in [-0.2, 0) is 20.1 Å². The molecule has 0 amide bonds. The van der Waals surface area contributed by atoms with Crippen LogP contribution in [0.4, 0.5) is 0 Å². The molecule has 0 bridgehead atoms. The Hall–Kier alpha value is -2.63. The number of hydrogen-bond donors (Lipinski definition) is 0. The molecule has 0 spiro atoms. The van der Waals surface area contributed by atoms with Crippen molar-refractivity contribution < 1.29 is 21.5 Å². The van der Waals surface area contributed by atoms with Crippen LogP contribution in [0.1, 0.15) is 44.7 Å². The van der Waals surface area contributed by atoms with Gasteiger partial charge < -0.3 is 4.98 Å². The van der Waals surface area contributed by atoms with Gasteiger partial charge in [-0.1, -0.05) is 49.9 Å². The minimum atomic E-state index is -1.77.